The van der Waals surface area contributed by atoms with Crippen LogP contribution >= 0.6 is 0 Å². The SMILES string of the molecule is CC(=O)OC[C@H]1OC(O)[C@H](N)[C@@H](OC(C)=O)[C@@H]1OC(C)=O. The van der Waals surface area contributed by atoms with E-state index in [1.807, 2.05) is 0 Å². The Hall–Kier alpha value is -1.71. The average Bonchev–Trinajstić information content (AvgIpc) is 2.35. The topological polar surface area (TPSA) is 134 Å². The molecule has 21 heavy (non-hydrogen) atoms. The van der Waals surface area contributed by atoms with E-state index in [2.05, 4.69) is 0 Å². The van der Waals surface area contributed by atoms with Crippen LogP contribution in [0.3, 0.4) is 0 Å². The highest BCUT2D eigenvalue weighted by Crippen LogP contribution is 2.24. The van der Waals surface area contributed by atoms with E-state index in [0.717, 1.165) is 13.8 Å². The number of rotatable bonds is 4. The predicted molar refractivity (Wildman–Crippen MR) is 66.6 cm³/mol. The first-order chi connectivity index (χ1) is 9.72. The quantitative estimate of drug-likeness (QED) is 0.468. The van der Waals surface area contributed by atoms with Crippen molar-refractivity contribution in [2.45, 2.75) is 51.4 Å². The van der Waals surface area contributed by atoms with Crippen LogP contribution in [-0.2, 0) is 33.3 Å². The molecule has 0 saturated carbocycles. The van der Waals surface area contributed by atoms with Gasteiger partial charge in [0.15, 0.2) is 18.5 Å². The lowest BCUT2D eigenvalue weighted by Gasteiger charge is -2.41. The van der Waals surface area contributed by atoms with E-state index in [9.17, 15) is 19.5 Å². The third kappa shape index (κ3) is 4.96. The number of hydrogen-bond donors (Lipinski definition) is 2. The molecule has 1 aliphatic rings. The number of hydrogen-bond acceptors (Lipinski definition) is 9. The Kier molecular flexibility index (Phi) is 6.06. The molecule has 5 atom stereocenters. The maximum Gasteiger partial charge on any atom is 0.303 e. The van der Waals surface area contributed by atoms with Crippen LogP contribution in [0.5, 0.6) is 0 Å². The van der Waals surface area contributed by atoms with Gasteiger partial charge in [0.25, 0.3) is 0 Å². The molecule has 0 aromatic heterocycles. The number of esters is 3. The van der Waals surface area contributed by atoms with Crippen molar-refractivity contribution in [1.29, 1.82) is 0 Å². The molecule has 1 saturated heterocycles. The predicted octanol–water partition coefficient (Wildman–Crippen LogP) is -1.54. The van der Waals surface area contributed by atoms with Crippen LogP contribution in [0, 0.1) is 0 Å². The minimum atomic E-state index is -1.46. The summed E-state index contributed by atoms with van der Waals surface area (Å²) in [4.78, 5) is 33.2. The standard InChI is InChI=1S/C12H19NO8/c1-5(14)18-4-8-10(19-6(2)15)11(20-7(3)16)9(13)12(17)21-8/h8-12,17H,4,13H2,1-3H3/t8-,9-,10-,11-,12?/m1/s1. The van der Waals surface area contributed by atoms with Crippen LogP contribution in [0.1, 0.15) is 20.8 Å². The molecule has 3 N–H and O–H groups in total. The van der Waals surface area contributed by atoms with Gasteiger partial charge in [-0.2, -0.15) is 0 Å². The van der Waals surface area contributed by atoms with Gasteiger partial charge in [0.1, 0.15) is 12.7 Å². The second-order valence-corrected chi connectivity index (χ2v) is 4.59. The Morgan fingerprint density at radius 3 is 2.05 bits per heavy atom. The molecule has 0 aromatic carbocycles. The van der Waals surface area contributed by atoms with Gasteiger partial charge in [-0.25, -0.2) is 0 Å². The molecule has 0 bridgehead atoms. The van der Waals surface area contributed by atoms with Crippen LogP contribution in [0.25, 0.3) is 0 Å². The number of ether oxygens (including phenoxy) is 4. The summed E-state index contributed by atoms with van der Waals surface area (Å²) in [6.45, 7) is 3.22. The van der Waals surface area contributed by atoms with E-state index in [1.165, 1.54) is 6.92 Å². The number of carbonyl (C=O) groups excluding carboxylic acids is 3. The van der Waals surface area contributed by atoms with Gasteiger partial charge in [0.05, 0.1) is 6.04 Å². The van der Waals surface area contributed by atoms with Crippen molar-refractivity contribution in [2.24, 2.45) is 5.73 Å². The largest absolute Gasteiger partial charge is 0.463 e. The fourth-order valence-electron chi connectivity index (χ4n) is 1.95. The lowest BCUT2D eigenvalue weighted by molar-refractivity contribution is -0.260. The monoisotopic (exact) mass is 305 g/mol. The number of aliphatic hydroxyl groups excluding tert-OH is 1. The molecule has 1 unspecified atom stereocenters. The zero-order valence-electron chi connectivity index (χ0n) is 12.0. The molecule has 1 heterocycles. The molecule has 1 fully saturated rings. The number of aliphatic hydroxyl groups is 1. The molecular formula is C12H19NO8. The lowest BCUT2D eigenvalue weighted by atomic mass is 9.97. The summed E-state index contributed by atoms with van der Waals surface area (Å²) in [6, 6.07) is -1.10. The molecule has 1 aliphatic heterocycles. The molecule has 9 heteroatoms. The van der Waals surface area contributed by atoms with Gasteiger partial charge in [-0.05, 0) is 0 Å². The van der Waals surface area contributed by atoms with Gasteiger partial charge < -0.3 is 29.8 Å². The molecule has 1 rings (SSSR count). The van der Waals surface area contributed by atoms with Crippen LogP contribution in [0.2, 0.25) is 0 Å². The molecule has 120 valence electrons. The molecule has 0 spiro atoms. The first-order valence-corrected chi connectivity index (χ1v) is 6.29. The van der Waals surface area contributed by atoms with E-state index < -0.39 is 48.6 Å². The van der Waals surface area contributed by atoms with Crippen molar-refractivity contribution in [3.8, 4) is 0 Å². The first kappa shape index (κ1) is 17.3. The molecule has 0 radical (unpaired) electrons. The van der Waals surface area contributed by atoms with Gasteiger partial charge in [0.2, 0.25) is 0 Å². The third-order valence-electron chi connectivity index (χ3n) is 2.77. The smallest absolute Gasteiger partial charge is 0.303 e. The van der Waals surface area contributed by atoms with Gasteiger partial charge >= 0.3 is 17.9 Å². The number of carbonyl (C=O) groups is 3. The molecule has 0 aliphatic carbocycles. The van der Waals surface area contributed by atoms with E-state index in [-0.39, 0.29) is 6.61 Å². The van der Waals surface area contributed by atoms with Crippen LogP contribution in [-0.4, -0.2) is 60.3 Å². The summed E-state index contributed by atoms with van der Waals surface area (Å²) in [5, 5.41) is 9.73. The van der Waals surface area contributed by atoms with Crippen molar-refractivity contribution in [2.75, 3.05) is 6.61 Å². The summed E-state index contributed by atoms with van der Waals surface area (Å²) in [7, 11) is 0. The highest BCUT2D eigenvalue weighted by Gasteiger charge is 2.48. The average molecular weight is 305 g/mol. The summed E-state index contributed by atoms with van der Waals surface area (Å²) in [5.74, 6) is -1.89. The molecule has 9 nitrogen and oxygen atoms in total. The van der Waals surface area contributed by atoms with Crippen LogP contribution in [0.4, 0.5) is 0 Å². The third-order valence-corrected chi connectivity index (χ3v) is 2.77. The fourth-order valence-corrected chi connectivity index (χ4v) is 1.95. The van der Waals surface area contributed by atoms with E-state index in [0.29, 0.717) is 0 Å². The molecule has 0 aromatic rings. The van der Waals surface area contributed by atoms with Gasteiger partial charge in [-0.3, -0.25) is 14.4 Å². The van der Waals surface area contributed by atoms with E-state index in [1.54, 1.807) is 0 Å². The lowest BCUT2D eigenvalue weighted by Crippen LogP contribution is -2.64. The first-order valence-electron chi connectivity index (χ1n) is 6.29. The Labute approximate surface area is 121 Å². The summed E-state index contributed by atoms with van der Waals surface area (Å²) in [6.07, 6.45) is -4.67. The van der Waals surface area contributed by atoms with Crippen molar-refractivity contribution in [3.63, 3.8) is 0 Å². The van der Waals surface area contributed by atoms with E-state index in [4.69, 9.17) is 24.7 Å². The minimum absolute atomic E-state index is 0.283. The van der Waals surface area contributed by atoms with Crippen molar-refractivity contribution < 1.29 is 38.4 Å². The fraction of sp³-hybridized carbons (Fsp3) is 0.750. The summed E-state index contributed by atoms with van der Waals surface area (Å²) < 4.78 is 20.0. The number of nitrogens with two attached hydrogens (primary N) is 1. The van der Waals surface area contributed by atoms with Gasteiger partial charge in [0, 0.05) is 20.8 Å². The van der Waals surface area contributed by atoms with Crippen LogP contribution in [0.15, 0.2) is 0 Å². The zero-order chi connectivity index (χ0) is 16.2. The highest BCUT2D eigenvalue weighted by atomic mass is 16.7. The zero-order valence-corrected chi connectivity index (χ0v) is 12.0. The highest BCUT2D eigenvalue weighted by molar-refractivity contribution is 5.67. The maximum atomic E-state index is 11.2. The minimum Gasteiger partial charge on any atom is -0.463 e. The van der Waals surface area contributed by atoms with Gasteiger partial charge in [-0.1, -0.05) is 0 Å². The van der Waals surface area contributed by atoms with Crippen molar-refractivity contribution in [3.05, 3.63) is 0 Å². The Morgan fingerprint density at radius 2 is 1.57 bits per heavy atom. The second kappa shape index (κ2) is 7.34. The Balaban J connectivity index is 2.94. The maximum absolute atomic E-state index is 11.2. The Bertz CT molecular complexity index is 412. The summed E-state index contributed by atoms with van der Waals surface area (Å²) in [5.41, 5.74) is 5.70. The Morgan fingerprint density at radius 1 is 1.05 bits per heavy atom. The van der Waals surface area contributed by atoms with Crippen molar-refractivity contribution >= 4 is 17.9 Å². The van der Waals surface area contributed by atoms with Gasteiger partial charge in [-0.15, -0.1) is 0 Å². The van der Waals surface area contributed by atoms with Crippen molar-refractivity contribution in [1.82, 2.24) is 0 Å². The second-order valence-electron chi connectivity index (χ2n) is 4.59. The summed E-state index contributed by atoms with van der Waals surface area (Å²) >= 11 is 0. The van der Waals surface area contributed by atoms with Crippen LogP contribution < -0.4 is 5.73 Å². The molecule has 0 amide bonds. The molecular weight excluding hydrogens is 286 g/mol. The normalized spacial score (nSPS) is 32.1. The van der Waals surface area contributed by atoms with E-state index >= 15 is 0 Å².